The number of nitrogens with zero attached hydrogens (tertiary/aromatic N) is 1. The first-order valence-electron chi connectivity index (χ1n) is 11.2. The predicted molar refractivity (Wildman–Crippen MR) is 133 cm³/mol. The largest absolute Gasteiger partial charge is 0.325 e. The highest BCUT2D eigenvalue weighted by Crippen LogP contribution is 2.34. The minimum Gasteiger partial charge on any atom is -0.325 e. The molecule has 8 nitrogen and oxygen atoms in total. The van der Waals surface area contributed by atoms with Crippen molar-refractivity contribution in [1.29, 1.82) is 0 Å². The third-order valence-electron chi connectivity index (χ3n) is 6.22. The highest BCUT2D eigenvalue weighted by molar-refractivity contribution is 7.92. The first-order chi connectivity index (χ1) is 16.5. The van der Waals surface area contributed by atoms with E-state index in [2.05, 4.69) is 15.0 Å². The third-order valence-corrected chi connectivity index (χ3v) is 9.75. The molecule has 2 heterocycles. The SMILES string of the molecule is CC(C)c1ccc(S(=O)(=O)C(CNS(=O)(=O)c2ccc3c(c2)C(C)C(=O)N3)c2cccnc2)cc1. The fourth-order valence-corrected chi connectivity index (χ4v) is 6.84. The standard InChI is InChI=1S/C25H27N3O5S2/c1-16(2)18-6-8-20(9-7-18)34(30,31)24(19-5-4-12-26-14-19)15-27-35(32,33)21-10-11-23-22(13-21)17(3)25(29)28-23/h4-14,16-17,24,27H,15H2,1-3H3,(H,28,29). The number of nitrogens with one attached hydrogen (secondary N) is 2. The van der Waals surface area contributed by atoms with Crippen LogP contribution in [0.3, 0.4) is 0 Å². The molecule has 4 rings (SSSR count). The molecule has 0 saturated heterocycles. The fourth-order valence-electron chi connectivity index (χ4n) is 4.01. The molecule has 0 fully saturated rings. The van der Waals surface area contributed by atoms with Gasteiger partial charge in [-0.15, -0.1) is 0 Å². The molecule has 2 aromatic carbocycles. The van der Waals surface area contributed by atoms with Gasteiger partial charge in [-0.25, -0.2) is 21.6 Å². The minimum atomic E-state index is -4.06. The van der Waals surface area contributed by atoms with E-state index in [0.717, 1.165) is 5.56 Å². The summed E-state index contributed by atoms with van der Waals surface area (Å²) in [6, 6.07) is 14.2. The van der Waals surface area contributed by atoms with Crippen molar-refractivity contribution in [2.45, 2.75) is 47.6 Å². The van der Waals surface area contributed by atoms with Gasteiger partial charge in [-0.3, -0.25) is 9.78 Å². The summed E-state index contributed by atoms with van der Waals surface area (Å²) in [6.45, 7) is 5.34. The average Bonchev–Trinajstić information content (AvgIpc) is 3.12. The van der Waals surface area contributed by atoms with Crippen LogP contribution < -0.4 is 10.0 Å². The number of anilines is 1. The zero-order chi connectivity index (χ0) is 25.4. The third kappa shape index (κ3) is 5.00. The number of pyridine rings is 1. The Morgan fingerprint density at radius 3 is 2.29 bits per heavy atom. The lowest BCUT2D eigenvalue weighted by atomic mass is 10.0. The maximum Gasteiger partial charge on any atom is 0.240 e. The van der Waals surface area contributed by atoms with Crippen molar-refractivity contribution in [2.75, 3.05) is 11.9 Å². The van der Waals surface area contributed by atoms with E-state index < -0.39 is 31.0 Å². The Kier molecular flexibility index (Phi) is 6.81. The number of sulfone groups is 1. The van der Waals surface area contributed by atoms with Crippen molar-refractivity contribution in [3.05, 3.63) is 83.7 Å². The van der Waals surface area contributed by atoms with E-state index in [1.54, 1.807) is 43.3 Å². The lowest BCUT2D eigenvalue weighted by Gasteiger charge is -2.19. The van der Waals surface area contributed by atoms with Crippen molar-refractivity contribution in [1.82, 2.24) is 9.71 Å². The van der Waals surface area contributed by atoms with Gasteiger partial charge < -0.3 is 5.32 Å². The lowest BCUT2D eigenvalue weighted by molar-refractivity contribution is -0.116. The number of aromatic nitrogens is 1. The van der Waals surface area contributed by atoms with Gasteiger partial charge in [0.05, 0.1) is 15.7 Å². The molecule has 2 atom stereocenters. The second-order valence-electron chi connectivity index (χ2n) is 8.86. The van der Waals surface area contributed by atoms with Gasteiger partial charge in [-0.1, -0.05) is 32.0 Å². The van der Waals surface area contributed by atoms with Gasteiger partial charge in [0.1, 0.15) is 5.25 Å². The van der Waals surface area contributed by atoms with Crippen LogP contribution in [0.2, 0.25) is 0 Å². The number of hydrogen-bond acceptors (Lipinski definition) is 6. The molecular formula is C25H27N3O5S2. The van der Waals surface area contributed by atoms with E-state index in [4.69, 9.17) is 0 Å². The van der Waals surface area contributed by atoms with Crippen LogP contribution in [0.4, 0.5) is 5.69 Å². The maximum atomic E-state index is 13.6. The number of amides is 1. The molecule has 10 heteroatoms. The summed E-state index contributed by atoms with van der Waals surface area (Å²) in [6.07, 6.45) is 2.95. The Balaban J connectivity index is 1.65. The van der Waals surface area contributed by atoms with Crippen molar-refractivity contribution in [3.8, 4) is 0 Å². The van der Waals surface area contributed by atoms with Crippen molar-refractivity contribution < 1.29 is 21.6 Å². The number of hydrogen-bond donors (Lipinski definition) is 2. The normalized spacial score (nSPS) is 16.7. The van der Waals surface area contributed by atoms with Crippen molar-refractivity contribution in [3.63, 3.8) is 0 Å². The Morgan fingerprint density at radius 2 is 1.66 bits per heavy atom. The molecule has 35 heavy (non-hydrogen) atoms. The number of carbonyl (C=O) groups is 1. The van der Waals surface area contributed by atoms with Crippen LogP contribution in [-0.4, -0.2) is 34.3 Å². The van der Waals surface area contributed by atoms with Gasteiger partial charge in [0.25, 0.3) is 0 Å². The number of fused-ring (bicyclic) bond motifs is 1. The summed E-state index contributed by atoms with van der Waals surface area (Å²) in [4.78, 5) is 16.0. The van der Waals surface area contributed by atoms with Gasteiger partial charge in [0.15, 0.2) is 9.84 Å². The van der Waals surface area contributed by atoms with Crippen molar-refractivity contribution in [2.24, 2.45) is 0 Å². The van der Waals surface area contributed by atoms with E-state index in [-0.39, 0.29) is 28.2 Å². The molecule has 1 aliphatic rings. The first kappa shape index (κ1) is 25.0. The van der Waals surface area contributed by atoms with Gasteiger partial charge in [-0.05, 0) is 65.9 Å². The topological polar surface area (TPSA) is 122 Å². The molecule has 0 bridgehead atoms. The molecule has 0 radical (unpaired) electrons. The van der Waals surface area contributed by atoms with E-state index >= 15 is 0 Å². The summed E-state index contributed by atoms with van der Waals surface area (Å²) >= 11 is 0. The predicted octanol–water partition coefficient (Wildman–Crippen LogP) is 3.75. The number of sulfonamides is 1. The van der Waals surface area contributed by atoms with Crippen LogP contribution >= 0.6 is 0 Å². The highest BCUT2D eigenvalue weighted by atomic mass is 32.2. The molecule has 3 aromatic rings. The van der Waals surface area contributed by atoms with Gasteiger partial charge in [0.2, 0.25) is 15.9 Å². The minimum absolute atomic E-state index is 0.0387. The molecular weight excluding hydrogens is 486 g/mol. The number of benzene rings is 2. The Labute approximate surface area is 205 Å². The van der Waals surface area contributed by atoms with E-state index in [9.17, 15) is 21.6 Å². The smallest absolute Gasteiger partial charge is 0.240 e. The monoisotopic (exact) mass is 513 g/mol. The van der Waals surface area contributed by atoms with Crippen LogP contribution in [0.1, 0.15) is 54.5 Å². The Hall–Kier alpha value is -3.08. The zero-order valence-electron chi connectivity index (χ0n) is 19.6. The lowest BCUT2D eigenvalue weighted by Crippen LogP contribution is -2.32. The second-order valence-corrected chi connectivity index (χ2v) is 12.8. The van der Waals surface area contributed by atoms with Crippen LogP contribution in [-0.2, 0) is 24.7 Å². The Bertz CT molecular complexity index is 1450. The number of carbonyl (C=O) groups excluding carboxylic acids is 1. The molecule has 184 valence electrons. The van der Waals surface area contributed by atoms with E-state index in [1.165, 1.54) is 30.6 Å². The van der Waals surface area contributed by atoms with Gasteiger partial charge >= 0.3 is 0 Å². The highest BCUT2D eigenvalue weighted by Gasteiger charge is 2.32. The quantitative estimate of drug-likeness (QED) is 0.473. The molecule has 2 unspecified atom stereocenters. The van der Waals surface area contributed by atoms with Gasteiger partial charge in [-0.2, -0.15) is 0 Å². The molecule has 0 aliphatic carbocycles. The Morgan fingerprint density at radius 1 is 0.971 bits per heavy atom. The van der Waals surface area contributed by atoms with Gasteiger partial charge in [0, 0.05) is 24.6 Å². The molecule has 1 amide bonds. The molecule has 1 aromatic heterocycles. The number of rotatable bonds is 8. The summed E-state index contributed by atoms with van der Waals surface area (Å²) < 4.78 is 55.9. The first-order valence-corrected chi connectivity index (χ1v) is 14.2. The van der Waals surface area contributed by atoms with Crippen molar-refractivity contribution >= 4 is 31.5 Å². The summed E-state index contributed by atoms with van der Waals surface area (Å²) in [5, 5.41) is 1.52. The van der Waals surface area contributed by atoms with Crippen LogP contribution in [0.25, 0.3) is 0 Å². The summed E-state index contributed by atoms with van der Waals surface area (Å²) in [5.41, 5.74) is 2.53. The fraction of sp³-hybridized carbons (Fsp3) is 0.280. The van der Waals surface area contributed by atoms with E-state index in [1.807, 2.05) is 13.8 Å². The molecule has 0 spiro atoms. The maximum absolute atomic E-state index is 13.6. The molecule has 0 saturated carbocycles. The summed E-state index contributed by atoms with van der Waals surface area (Å²) in [5.74, 6) is -0.431. The summed E-state index contributed by atoms with van der Waals surface area (Å²) in [7, 11) is -8.01. The zero-order valence-corrected chi connectivity index (χ0v) is 21.2. The van der Waals surface area contributed by atoms with Crippen LogP contribution in [0, 0.1) is 0 Å². The van der Waals surface area contributed by atoms with E-state index in [0.29, 0.717) is 16.8 Å². The molecule has 1 aliphatic heterocycles. The second kappa shape index (κ2) is 9.52. The average molecular weight is 514 g/mol. The van der Waals surface area contributed by atoms with Crippen LogP contribution in [0.15, 0.2) is 76.8 Å². The van der Waals surface area contributed by atoms with Crippen LogP contribution in [0.5, 0.6) is 0 Å². The molecule has 2 N–H and O–H groups in total.